The van der Waals surface area contributed by atoms with Gasteiger partial charge >= 0.3 is 5.97 Å². The second-order valence-electron chi connectivity index (χ2n) is 6.77. The third-order valence-electron chi connectivity index (χ3n) is 4.78. The Hall–Kier alpha value is -2.83. The minimum absolute atomic E-state index is 0.179. The van der Waals surface area contributed by atoms with Gasteiger partial charge in [-0.3, -0.25) is 9.59 Å². The van der Waals surface area contributed by atoms with E-state index >= 15 is 0 Å². The number of aryl methyl sites for hydroxylation is 2. The van der Waals surface area contributed by atoms with Crippen molar-refractivity contribution >= 4 is 11.9 Å². The fourth-order valence-electron chi connectivity index (χ4n) is 2.70. The van der Waals surface area contributed by atoms with Crippen molar-refractivity contribution in [1.29, 1.82) is 0 Å². The van der Waals surface area contributed by atoms with Crippen molar-refractivity contribution in [3.8, 4) is 5.75 Å². The number of benzene rings is 1. The van der Waals surface area contributed by atoms with Gasteiger partial charge in [-0.2, -0.15) is 0 Å². The van der Waals surface area contributed by atoms with E-state index in [-0.39, 0.29) is 18.9 Å². The van der Waals surface area contributed by atoms with E-state index in [9.17, 15) is 9.59 Å². The number of rotatable bonds is 8. The van der Waals surface area contributed by atoms with Gasteiger partial charge in [0.25, 0.3) is 0 Å². The number of carbonyl (C=O) groups is 2. The van der Waals surface area contributed by atoms with Crippen molar-refractivity contribution in [2.24, 2.45) is 5.41 Å². The lowest BCUT2D eigenvalue weighted by Gasteiger charge is -2.11. The van der Waals surface area contributed by atoms with Crippen molar-refractivity contribution in [2.75, 3.05) is 6.54 Å². The van der Waals surface area contributed by atoms with Crippen LogP contribution in [0.15, 0.2) is 28.8 Å². The van der Waals surface area contributed by atoms with Gasteiger partial charge in [-0.05, 0) is 44.4 Å². The molecule has 1 fully saturated rings. The number of carboxylic acids is 1. The van der Waals surface area contributed by atoms with Crippen LogP contribution in [0.5, 0.6) is 5.75 Å². The molecule has 138 valence electrons. The molecule has 0 aliphatic heterocycles. The molecule has 7 nitrogen and oxygen atoms in total. The van der Waals surface area contributed by atoms with E-state index in [4.69, 9.17) is 14.4 Å². The molecule has 3 rings (SSSR count). The zero-order valence-corrected chi connectivity index (χ0v) is 14.9. The number of aliphatic carboxylic acids is 1. The smallest absolute Gasteiger partial charge is 0.311 e. The number of nitrogens with one attached hydrogen (secondary N) is 1. The van der Waals surface area contributed by atoms with Crippen molar-refractivity contribution in [3.63, 3.8) is 0 Å². The van der Waals surface area contributed by atoms with Crippen LogP contribution in [0.2, 0.25) is 0 Å². The molecule has 0 saturated heterocycles. The van der Waals surface area contributed by atoms with E-state index in [0.717, 1.165) is 22.6 Å². The van der Waals surface area contributed by atoms with E-state index in [0.29, 0.717) is 25.2 Å². The summed E-state index contributed by atoms with van der Waals surface area (Å²) < 4.78 is 10.8. The van der Waals surface area contributed by atoms with Crippen LogP contribution in [0.1, 0.15) is 35.4 Å². The van der Waals surface area contributed by atoms with Crippen LogP contribution in [-0.4, -0.2) is 28.7 Å². The Kier molecular flexibility index (Phi) is 4.97. The molecule has 0 atom stereocenters. The van der Waals surface area contributed by atoms with Crippen molar-refractivity contribution in [1.82, 2.24) is 10.5 Å². The molecule has 0 radical (unpaired) electrons. The minimum atomic E-state index is -0.836. The molecule has 1 heterocycles. The number of hydrogen-bond donors (Lipinski definition) is 2. The summed E-state index contributed by atoms with van der Waals surface area (Å²) in [5.41, 5.74) is 1.84. The molecule has 1 aromatic carbocycles. The third-order valence-corrected chi connectivity index (χ3v) is 4.78. The summed E-state index contributed by atoms with van der Waals surface area (Å²) in [7, 11) is 0. The number of carbonyl (C=O) groups excluding carboxylic acids is 1. The second-order valence-corrected chi connectivity index (χ2v) is 6.77. The topological polar surface area (TPSA) is 102 Å². The predicted molar refractivity (Wildman–Crippen MR) is 92.8 cm³/mol. The minimum Gasteiger partial charge on any atom is -0.489 e. The first-order valence-corrected chi connectivity index (χ1v) is 8.53. The van der Waals surface area contributed by atoms with Gasteiger partial charge in [0.2, 0.25) is 5.91 Å². The summed E-state index contributed by atoms with van der Waals surface area (Å²) in [5, 5.41) is 15.7. The predicted octanol–water partition coefficient (Wildman–Crippen LogP) is 2.39. The van der Waals surface area contributed by atoms with Crippen molar-refractivity contribution < 1.29 is 24.0 Å². The molecule has 0 unspecified atom stereocenters. The Bertz CT molecular complexity index is 786. The zero-order chi connectivity index (χ0) is 18.7. The molecule has 0 bridgehead atoms. The summed E-state index contributed by atoms with van der Waals surface area (Å²) in [5.74, 6) is 0.419. The average molecular weight is 358 g/mol. The van der Waals surface area contributed by atoms with E-state index in [1.54, 1.807) is 12.1 Å². The fraction of sp³-hybridized carbons (Fsp3) is 0.421. The maximum absolute atomic E-state index is 12.0. The molecule has 7 heteroatoms. The van der Waals surface area contributed by atoms with Crippen molar-refractivity contribution in [2.45, 2.75) is 39.7 Å². The average Bonchev–Trinajstić information content (AvgIpc) is 3.35. The van der Waals surface area contributed by atoms with Crippen LogP contribution < -0.4 is 10.1 Å². The van der Waals surface area contributed by atoms with Gasteiger partial charge in [0.1, 0.15) is 18.1 Å². The van der Waals surface area contributed by atoms with E-state index in [1.165, 1.54) is 0 Å². The standard InChI is InChI=1S/C19H22N2O5/c1-12-16(13(2)26-21-12)10-25-15-5-3-14(4-6-15)9-17(22)20-11-19(7-8-19)18(23)24/h3-6H,7-11H2,1-2H3,(H,20,22)(H,23,24). The highest BCUT2D eigenvalue weighted by Crippen LogP contribution is 2.45. The molecule has 2 aromatic rings. The zero-order valence-electron chi connectivity index (χ0n) is 14.9. The molecule has 1 aliphatic rings. The SMILES string of the molecule is Cc1noc(C)c1COc1ccc(CC(=O)NCC2(C(=O)O)CC2)cc1. The number of hydrogen-bond acceptors (Lipinski definition) is 5. The Morgan fingerprint density at radius 1 is 1.27 bits per heavy atom. The van der Waals surface area contributed by atoms with Crippen LogP contribution in [0.25, 0.3) is 0 Å². The third kappa shape index (κ3) is 4.04. The number of amides is 1. The van der Waals surface area contributed by atoms with Gasteiger partial charge in [0, 0.05) is 6.54 Å². The monoisotopic (exact) mass is 358 g/mol. The van der Waals surface area contributed by atoms with Crippen LogP contribution in [0.4, 0.5) is 0 Å². The Labute approximate surface area is 151 Å². The molecule has 26 heavy (non-hydrogen) atoms. The van der Waals surface area contributed by atoms with Gasteiger partial charge in [-0.25, -0.2) is 0 Å². The first-order valence-electron chi connectivity index (χ1n) is 8.53. The lowest BCUT2D eigenvalue weighted by Crippen LogP contribution is -2.35. The van der Waals surface area contributed by atoms with E-state index in [2.05, 4.69) is 10.5 Å². The summed E-state index contributed by atoms with van der Waals surface area (Å²) in [4.78, 5) is 23.1. The first-order chi connectivity index (χ1) is 12.4. The molecular weight excluding hydrogens is 336 g/mol. The Morgan fingerprint density at radius 3 is 2.50 bits per heavy atom. The number of aromatic nitrogens is 1. The molecule has 1 aromatic heterocycles. The van der Waals surface area contributed by atoms with Gasteiger partial charge in [-0.1, -0.05) is 17.3 Å². The Balaban J connectivity index is 1.48. The quantitative estimate of drug-likeness (QED) is 0.751. The molecule has 1 amide bonds. The normalized spacial score (nSPS) is 14.7. The number of carboxylic acid groups (broad SMARTS) is 1. The Morgan fingerprint density at radius 2 is 1.96 bits per heavy atom. The fourth-order valence-corrected chi connectivity index (χ4v) is 2.70. The maximum atomic E-state index is 12.0. The van der Waals surface area contributed by atoms with Gasteiger partial charge in [0.05, 0.1) is 23.1 Å². The lowest BCUT2D eigenvalue weighted by molar-refractivity contribution is -0.143. The van der Waals surface area contributed by atoms with Gasteiger partial charge in [0.15, 0.2) is 0 Å². The molecule has 1 saturated carbocycles. The van der Waals surface area contributed by atoms with Crippen molar-refractivity contribution in [3.05, 3.63) is 46.8 Å². The number of ether oxygens (including phenoxy) is 1. The van der Waals surface area contributed by atoms with Crippen LogP contribution in [-0.2, 0) is 22.6 Å². The molecule has 1 aliphatic carbocycles. The largest absolute Gasteiger partial charge is 0.489 e. The highest BCUT2D eigenvalue weighted by Gasteiger charge is 2.50. The first kappa shape index (κ1) is 18.0. The highest BCUT2D eigenvalue weighted by atomic mass is 16.5. The molecule has 2 N–H and O–H groups in total. The molecular formula is C19H22N2O5. The number of nitrogens with zero attached hydrogens (tertiary/aromatic N) is 1. The van der Waals surface area contributed by atoms with Crippen LogP contribution in [0.3, 0.4) is 0 Å². The summed E-state index contributed by atoms with van der Waals surface area (Å²) in [6.45, 7) is 4.28. The van der Waals surface area contributed by atoms with E-state index in [1.807, 2.05) is 26.0 Å². The summed E-state index contributed by atoms with van der Waals surface area (Å²) in [6, 6.07) is 7.26. The highest BCUT2D eigenvalue weighted by molar-refractivity contribution is 5.82. The summed E-state index contributed by atoms with van der Waals surface area (Å²) in [6.07, 6.45) is 1.46. The molecule has 0 spiro atoms. The van der Waals surface area contributed by atoms with Gasteiger partial charge < -0.3 is 19.7 Å². The van der Waals surface area contributed by atoms with Crippen LogP contribution in [0, 0.1) is 19.3 Å². The van der Waals surface area contributed by atoms with Gasteiger partial charge in [-0.15, -0.1) is 0 Å². The summed E-state index contributed by atoms with van der Waals surface area (Å²) >= 11 is 0. The maximum Gasteiger partial charge on any atom is 0.311 e. The second kappa shape index (κ2) is 7.19. The van der Waals surface area contributed by atoms with E-state index < -0.39 is 11.4 Å². The lowest BCUT2D eigenvalue weighted by atomic mass is 10.1. The van der Waals surface area contributed by atoms with Crippen LogP contribution >= 0.6 is 0 Å².